The zero-order valence-electron chi connectivity index (χ0n) is 17.2. The van der Waals surface area contributed by atoms with E-state index in [-0.39, 0.29) is 0 Å². The van der Waals surface area contributed by atoms with E-state index in [9.17, 15) is 5.26 Å². The van der Waals surface area contributed by atoms with Crippen LogP contribution >= 0.6 is 0 Å². The Bertz CT molecular complexity index is 1660. The van der Waals surface area contributed by atoms with Gasteiger partial charge in [0.2, 0.25) is 0 Å². The highest BCUT2D eigenvalue weighted by atomic mass is 15.4. The van der Waals surface area contributed by atoms with E-state index in [4.69, 9.17) is 4.98 Å². The standard InChI is InChI=1S/C24H15N9/c25-12-17-13-28-33(21-11-10-16-6-4-5-9-20(16)30-21)23(17)31-22-19-14-29-32(24(19)27-15-26-22)18-7-2-1-3-8-18/h1-11,13-15H,(H,26,27,31). The predicted octanol–water partition coefficient (Wildman–Crippen LogP) is 4.16. The maximum absolute atomic E-state index is 9.68. The van der Waals surface area contributed by atoms with E-state index < -0.39 is 0 Å². The molecule has 6 rings (SSSR count). The van der Waals surface area contributed by atoms with Gasteiger partial charge < -0.3 is 5.32 Å². The van der Waals surface area contributed by atoms with Crippen molar-refractivity contribution in [2.24, 2.45) is 0 Å². The molecule has 0 unspecified atom stereocenters. The largest absolute Gasteiger partial charge is 0.323 e. The molecule has 0 fully saturated rings. The number of rotatable bonds is 4. The maximum Gasteiger partial charge on any atom is 0.168 e. The molecule has 0 bridgehead atoms. The first-order valence-electron chi connectivity index (χ1n) is 10.2. The first kappa shape index (κ1) is 18.7. The minimum Gasteiger partial charge on any atom is -0.323 e. The Morgan fingerprint density at radius 3 is 2.52 bits per heavy atom. The van der Waals surface area contributed by atoms with Gasteiger partial charge in [0.05, 0.1) is 29.0 Å². The maximum atomic E-state index is 9.68. The van der Waals surface area contributed by atoms with E-state index in [0.717, 1.165) is 16.6 Å². The van der Waals surface area contributed by atoms with Gasteiger partial charge in [0.15, 0.2) is 17.3 Å². The molecule has 0 saturated heterocycles. The van der Waals surface area contributed by atoms with Gasteiger partial charge in [-0.05, 0) is 30.3 Å². The molecular formula is C24H15N9. The summed E-state index contributed by atoms with van der Waals surface area (Å²) in [6.45, 7) is 0. The smallest absolute Gasteiger partial charge is 0.168 e. The van der Waals surface area contributed by atoms with E-state index in [2.05, 4.69) is 31.6 Å². The van der Waals surface area contributed by atoms with Crippen molar-refractivity contribution in [1.82, 2.24) is 34.5 Å². The van der Waals surface area contributed by atoms with E-state index in [1.54, 1.807) is 15.6 Å². The van der Waals surface area contributed by atoms with Gasteiger partial charge in [-0.2, -0.15) is 20.1 Å². The molecule has 33 heavy (non-hydrogen) atoms. The fourth-order valence-electron chi connectivity index (χ4n) is 3.71. The highest BCUT2D eigenvalue weighted by Gasteiger charge is 2.17. The molecule has 9 heteroatoms. The molecule has 4 aromatic heterocycles. The lowest BCUT2D eigenvalue weighted by atomic mass is 10.2. The molecule has 0 aliphatic heterocycles. The number of fused-ring (bicyclic) bond motifs is 2. The molecule has 0 atom stereocenters. The first-order chi connectivity index (χ1) is 16.3. The summed E-state index contributed by atoms with van der Waals surface area (Å²) in [4.78, 5) is 13.5. The molecule has 0 amide bonds. The number of benzene rings is 2. The monoisotopic (exact) mass is 429 g/mol. The number of hydrogen-bond donors (Lipinski definition) is 1. The van der Waals surface area contributed by atoms with Gasteiger partial charge in [-0.1, -0.05) is 36.4 Å². The number of nitriles is 1. The lowest BCUT2D eigenvalue weighted by molar-refractivity contribution is 0.859. The predicted molar refractivity (Wildman–Crippen MR) is 124 cm³/mol. The summed E-state index contributed by atoms with van der Waals surface area (Å²) >= 11 is 0. The van der Waals surface area contributed by atoms with Crippen molar-refractivity contribution in [3.05, 3.63) is 91.0 Å². The highest BCUT2D eigenvalue weighted by Crippen LogP contribution is 2.28. The number of anilines is 2. The molecule has 9 nitrogen and oxygen atoms in total. The highest BCUT2D eigenvalue weighted by molar-refractivity contribution is 5.89. The Morgan fingerprint density at radius 2 is 1.64 bits per heavy atom. The van der Waals surface area contributed by atoms with E-state index in [1.807, 2.05) is 66.7 Å². The quantitative estimate of drug-likeness (QED) is 0.448. The van der Waals surface area contributed by atoms with Crippen LogP contribution in [0.3, 0.4) is 0 Å². The summed E-state index contributed by atoms with van der Waals surface area (Å²) in [5, 5.41) is 23.6. The van der Waals surface area contributed by atoms with Crippen molar-refractivity contribution in [2.45, 2.75) is 0 Å². The van der Waals surface area contributed by atoms with Crippen LogP contribution in [0, 0.1) is 11.3 Å². The van der Waals surface area contributed by atoms with Crippen LogP contribution in [-0.2, 0) is 0 Å². The minimum atomic E-state index is 0.368. The zero-order chi connectivity index (χ0) is 22.2. The van der Waals surface area contributed by atoms with Gasteiger partial charge in [0, 0.05) is 5.39 Å². The normalized spacial score (nSPS) is 11.0. The second-order valence-corrected chi connectivity index (χ2v) is 7.27. The van der Waals surface area contributed by atoms with Gasteiger partial charge in [0.1, 0.15) is 23.8 Å². The lowest BCUT2D eigenvalue weighted by Crippen LogP contribution is -2.07. The van der Waals surface area contributed by atoms with E-state index >= 15 is 0 Å². The number of pyridine rings is 1. The molecule has 156 valence electrons. The van der Waals surface area contributed by atoms with E-state index in [1.165, 1.54) is 12.5 Å². The first-order valence-corrected chi connectivity index (χ1v) is 10.2. The summed E-state index contributed by atoms with van der Waals surface area (Å²) in [7, 11) is 0. The van der Waals surface area contributed by atoms with Crippen molar-refractivity contribution >= 4 is 33.6 Å². The number of hydrogen-bond acceptors (Lipinski definition) is 7. The van der Waals surface area contributed by atoms with Crippen molar-refractivity contribution in [3.8, 4) is 17.6 Å². The average Bonchev–Trinajstić information content (AvgIpc) is 3.49. The summed E-state index contributed by atoms with van der Waals surface area (Å²) < 4.78 is 3.34. The Kier molecular flexibility index (Phi) is 4.27. The average molecular weight is 429 g/mol. The van der Waals surface area contributed by atoms with Crippen molar-refractivity contribution in [2.75, 3.05) is 5.32 Å². The molecule has 4 heterocycles. The van der Waals surface area contributed by atoms with Crippen LogP contribution in [0.5, 0.6) is 0 Å². The summed E-state index contributed by atoms with van der Waals surface area (Å²) in [5.41, 5.74) is 2.74. The summed E-state index contributed by atoms with van der Waals surface area (Å²) in [5.74, 6) is 1.57. The molecule has 1 N–H and O–H groups in total. The van der Waals surface area contributed by atoms with E-state index in [0.29, 0.717) is 34.1 Å². The second kappa shape index (κ2) is 7.55. The fraction of sp³-hybridized carbons (Fsp3) is 0. The fourth-order valence-corrected chi connectivity index (χ4v) is 3.71. The number of para-hydroxylation sites is 2. The third kappa shape index (κ3) is 3.14. The van der Waals surface area contributed by atoms with Gasteiger partial charge in [-0.3, -0.25) is 0 Å². The summed E-state index contributed by atoms with van der Waals surface area (Å²) in [6.07, 6.45) is 4.67. The van der Waals surface area contributed by atoms with Crippen LogP contribution < -0.4 is 5.32 Å². The Balaban J connectivity index is 1.46. The lowest BCUT2D eigenvalue weighted by Gasteiger charge is -2.10. The number of nitrogens with zero attached hydrogens (tertiary/aromatic N) is 8. The molecule has 0 radical (unpaired) electrons. The van der Waals surface area contributed by atoms with Gasteiger partial charge in [-0.25, -0.2) is 19.6 Å². The Morgan fingerprint density at radius 1 is 0.818 bits per heavy atom. The van der Waals surface area contributed by atoms with Gasteiger partial charge >= 0.3 is 0 Å². The third-order valence-corrected chi connectivity index (χ3v) is 5.29. The third-order valence-electron chi connectivity index (χ3n) is 5.29. The summed E-state index contributed by atoms with van der Waals surface area (Å²) in [6, 6.07) is 23.6. The van der Waals surface area contributed by atoms with Crippen molar-refractivity contribution in [3.63, 3.8) is 0 Å². The van der Waals surface area contributed by atoms with Crippen molar-refractivity contribution in [1.29, 1.82) is 5.26 Å². The zero-order valence-corrected chi connectivity index (χ0v) is 17.2. The van der Waals surface area contributed by atoms with Gasteiger partial charge in [0.25, 0.3) is 0 Å². The molecule has 0 aliphatic rings. The number of aromatic nitrogens is 7. The molecule has 0 spiro atoms. The molecule has 0 saturated carbocycles. The Hall–Kier alpha value is -5.10. The van der Waals surface area contributed by atoms with Crippen LogP contribution in [-0.4, -0.2) is 34.5 Å². The van der Waals surface area contributed by atoms with Gasteiger partial charge in [-0.15, -0.1) is 0 Å². The molecular weight excluding hydrogens is 414 g/mol. The molecule has 0 aliphatic carbocycles. The number of nitrogens with one attached hydrogen (secondary N) is 1. The second-order valence-electron chi connectivity index (χ2n) is 7.27. The molecule has 6 aromatic rings. The topological polar surface area (TPSA) is 110 Å². The molecule has 2 aromatic carbocycles. The van der Waals surface area contributed by atoms with Crippen LogP contribution in [0.1, 0.15) is 5.56 Å². The van der Waals surface area contributed by atoms with Crippen LogP contribution in [0.25, 0.3) is 33.4 Å². The minimum absolute atomic E-state index is 0.368. The Labute approximate surface area is 187 Å². The van der Waals surface area contributed by atoms with Crippen molar-refractivity contribution < 1.29 is 0 Å². The van der Waals surface area contributed by atoms with Crippen LogP contribution in [0.4, 0.5) is 11.6 Å². The van der Waals surface area contributed by atoms with Crippen LogP contribution in [0.2, 0.25) is 0 Å². The SMILES string of the molecule is N#Cc1cnn(-c2ccc3ccccc3n2)c1Nc1ncnc2c1cnn2-c1ccccc1. The van der Waals surface area contributed by atoms with Crippen LogP contribution in [0.15, 0.2) is 85.5 Å².